The van der Waals surface area contributed by atoms with Gasteiger partial charge in [0.25, 0.3) is 5.69 Å². The summed E-state index contributed by atoms with van der Waals surface area (Å²) >= 11 is 0. The lowest BCUT2D eigenvalue weighted by Gasteiger charge is -2.04. The molecule has 0 atom stereocenters. The number of anilines is 1. The van der Waals surface area contributed by atoms with Gasteiger partial charge in [0.2, 0.25) is 5.91 Å². The number of nitrogens with one attached hydrogen (secondary N) is 1. The zero-order valence-electron chi connectivity index (χ0n) is 12.9. The fourth-order valence-electron chi connectivity index (χ4n) is 1.91. The lowest BCUT2D eigenvalue weighted by Crippen LogP contribution is -2.09. The average Bonchev–Trinajstić information content (AvgIpc) is 2.56. The van der Waals surface area contributed by atoms with E-state index in [0.717, 1.165) is 29.5 Å². The van der Waals surface area contributed by atoms with E-state index in [-0.39, 0.29) is 11.4 Å². The predicted octanol–water partition coefficient (Wildman–Crippen LogP) is 3.78. The van der Waals surface area contributed by atoms with Crippen LogP contribution in [-0.2, 0) is 4.79 Å². The number of benzene rings is 2. The van der Waals surface area contributed by atoms with Gasteiger partial charge >= 0.3 is 0 Å². The van der Waals surface area contributed by atoms with E-state index in [4.69, 9.17) is 4.74 Å². The molecule has 0 aliphatic rings. The maximum atomic E-state index is 13.6. The number of non-ortho nitro benzene ring substituents is 1. The summed E-state index contributed by atoms with van der Waals surface area (Å²) in [7, 11) is 0. The van der Waals surface area contributed by atoms with E-state index in [1.165, 1.54) is 6.08 Å². The Bertz CT molecular complexity index is 773. The first-order valence-electron chi connectivity index (χ1n) is 7.15. The molecule has 0 saturated carbocycles. The molecule has 0 aromatic heterocycles. The van der Waals surface area contributed by atoms with Crippen LogP contribution in [0.1, 0.15) is 12.5 Å². The highest BCUT2D eigenvalue weighted by molar-refractivity contribution is 6.02. The highest BCUT2D eigenvalue weighted by Crippen LogP contribution is 2.21. The minimum absolute atomic E-state index is 0.245. The number of ether oxygens (including phenoxy) is 1. The number of nitro groups is 1. The van der Waals surface area contributed by atoms with Crippen molar-refractivity contribution in [2.24, 2.45) is 0 Å². The van der Waals surface area contributed by atoms with Crippen LogP contribution in [-0.4, -0.2) is 17.4 Å². The lowest BCUT2D eigenvalue weighted by molar-refractivity contribution is -0.384. The summed E-state index contributed by atoms with van der Waals surface area (Å²) in [5.74, 6) is -0.621. The Morgan fingerprint density at radius 1 is 1.29 bits per heavy atom. The van der Waals surface area contributed by atoms with Crippen LogP contribution in [0.5, 0.6) is 5.75 Å². The Balaban J connectivity index is 2.05. The van der Waals surface area contributed by atoms with Gasteiger partial charge in [0.15, 0.2) is 0 Å². The molecular weight excluding hydrogens is 315 g/mol. The Labute approximate surface area is 137 Å². The monoisotopic (exact) mass is 330 g/mol. The number of amides is 1. The van der Waals surface area contributed by atoms with Crippen LogP contribution in [0.4, 0.5) is 15.8 Å². The van der Waals surface area contributed by atoms with Crippen LogP contribution in [0.3, 0.4) is 0 Å². The van der Waals surface area contributed by atoms with Gasteiger partial charge in [0.1, 0.15) is 11.6 Å². The largest absolute Gasteiger partial charge is 0.494 e. The molecule has 1 amide bonds. The van der Waals surface area contributed by atoms with Gasteiger partial charge in [0.05, 0.1) is 17.2 Å². The molecule has 2 aromatic rings. The third-order valence-electron chi connectivity index (χ3n) is 3.04. The smallest absolute Gasteiger partial charge is 0.271 e. The SMILES string of the molecule is CCOc1ccc(/C=C/C(=O)Nc2cc([N+](=O)[O-])ccc2F)cc1. The van der Waals surface area contributed by atoms with Gasteiger partial charge in [-0.1, -0.05) is 12.1 Å². The summed E-state index contributed by atoms with van der Waals surface area (Å²) in [4.78, 5) is 21.8. The maximum absolute atomic E-state index is 13.6. The topological polar surface area (TPSA) is 81.5 Å². The van der Waals surface area contributed by atoms with Gasteiger partial charge in [-0.3, -0.25) is 14.9 Å². The standard InChI is InChI=1S/C17H15FN2O4/c1-2-24-14-7-3-12(4-8-14)5-10-17(21)19-16-11-13(20(22)23)6-9-15(16)18/h3-11H,2H2,1H3,(H,19,21)/b10-5+. The van der Waals surface area contributed by atoms with Crippen LogP contribution >= 0.6 is 0 Å². The molecule has 1 N–H and O–H groups in total. The van der Waals surface area contributed by atoms with Crippen molar-refractivity contribution in [2.75, 3.05) is 11.9 Å². The lowest BCUT2D eigenvalue weighted by atomic mass is 10.2. The zero-order chi connectivity index (χ0) is 17.5. The van der Waals surface area contributed by atoms with Crippen LogP contribution in [0.2, 0.25) is 0 Å². The van der Waals surface area contributed by atoms with Gasteiger partial charge < -0.3 is 10.1 Å². The Hall–Kier alpha value is -3.22. The molecule has 0 heterocycles. The van der Waals surface area contributed by atoms with Crippen LogP contribution in [0, 0.1) is 15.9 Å². The number of nitro benzene ring substituents is 1. The van der Waals surface area contributed by atoms with Crippen molar-refractivity contribution in [1.29, 1.82) is 0 Å². The first kappa shape index (κ1) is 17.1. The average molecular weight is 330 g/mol. The van der Waals surface area contributed by atoms with Gasteiger partial charge in [-0.25, -0.2) is 4.39 Å². The molecule has 0 fully saturated rings. The summed E-state index contributed by atoms with van der Waals surface area (Å²) in [6.45, 7) is 2.44. The van der Waals surface area contributed by atoms with Gasteiger partial charge in [-0.05, 0) is 36.8 Å². The van der Waals surface area contributed by atoms with Crippen molar-refractivity contribution in [1.82, 2.24) is 0 Å². The normalized spacial score (nSPS) is 10.6. The molecule has 0 aliphatic heterocycles. The van der Waals surface area contributed by atoms with E-state index in [9.17, 15) is 19.3 Å². The molecule has 7 heteroatoms. The summed E-state index contributed by atoms with van der Waals surface area (Å²) < 4.78 is 18.9. The number of rotatable bonds is 6. The molecule has 124 valence electrons. The maximum Gasteiger partial charge on any atom is 0.271 e. The predicted molar refractivity (Wildman–Crippen MR) is 88.3 cm³/mol. The van der Waals surface area contributed by atoms with Crippen LogP contribution in [0.15, 0.2) is 48.5 Å². The van der Waals surface area contributed by atoms with Crippen molar-refractivity contribution in [3.63, 3.8) is 0 Å². The molecule has 2 rings (SSSR count). The molecule has 0 radical (unpaired) electrons. The number of carbonyl (C=O) groups is 1. The number of hydrogen-bond donors (Lipinski definition) is 1. The van der Waals surface area contributed by atoms with Crippen molar-refractivity contribution in [2.45, 2.75) is 6.92 Å². The zero-order valence-corrected chi connectivity index (χ0v) is 12.9. The molecule has 24 heavy (non-hydrogen) atoms. The third kappa shape index (κ3) is 4.64. The van der Waals surface area contributed by atoms with E-state index in [2.05, 4.69) is 5.32 Å². The number of nitrogens with zero attached hydrogens (tertiary/aromatic N) is 1. The van der Waals surface area contributed by atoms with Crippen molar-refractivity contribution in [3.05, 3.63) is 70.0 Å². The molecule has 0 aliphatic carbocycles. The van der Waals surface area contributed by atoms with E-state index in [1.54, 1.807) is 30.3 Å². The number of carbonyl (C=O) groups excluding carboxylic acids is 1. The first-order chi connectivity index (χ1) is 11.5. The Morgan fingerprint density at radius 3 is 2.62 bits per heavy atom. The Kier molecular flexibility index (Phi) is 5.62. The second-order valence-electron chi connectivity index (χ2n) is 4.75. The van der Waals surface area contributed by atoms with Gasteiger partial charge in [-0.2, -0.15) is 0 Å². The minimum atomic E-state index is -0.747. The summed E-state index contributed by atoms with van der Waals surface area (Å²) in [5, 5.41) is 13.0. The van der Waals surface area contributed by atoms with Gasteiger partial charge in [-0.15, -0.1) is 0 Å². The highest BCUT2D eigenvalue weighted by atomic mass is 19.1. The third-order valence-corrected chi connectivity index (χ3v) is 3.04. The molecule has 2 aromatic carbocycles. The van der Waals surface area contributed by atoms with E-state index < -0.39 is 16.6 Å². The van der Waals surface area contributed by atoms with E-state index >= 15 is 0 Å². The summed E-state index contributed by atoms with van der Waals surface area (Å²) in [6.07, 6.45) is 2.76. The van der Waals surface area contributed by atoms with Crippen LogP contribution in [0.25, 0.3) is 6.08 Å². The molecule has 0 bridgehead atoms. The van der Waals surface area contributed by atoms with Gasteiger partial charge in [0, 0.05) is 18.2 Å². The van der Waals surface area contributed by atoms with E-state index in [0.29, 0.717) is 6.61 Å². The number of halogens is 1. The molecule has 0 spiro atoms. The van der Waals surface area contributed by atoms with Crippen molar-refractivity contribution < 1.29 is 18.8 Å². The molecule has 0 saturated heterocycles. The first-order valence-corrected chi connectivity index (χ1v) is 7.15. The summed E-state index contributed by atoms with van der Waals surface area (Å²) in [6, 6.07) is 10.00. The number of hydrogen-bond acceptors (Lipinski definition) is 4. The molecule has 0 unspecified atom stereocenters. The van der Waals surface area contributed by atoms with Crippen molar-refractivity contribution in [3.8, 4) is 5.75 Å². The second kappa shape index (κ2) is 7.87. The van der Waals surface area contributed by atoms with Crippen molar-refractivity contribution >= 4 is 23.4 Å². The molecular formula is C17H15FN2O4. The summed E-state index contributed by atoms with van der Waals surface area (Å²) in [5.41, 5.74) is 0.209. The fourth-order valence-corrected chi connectivity index (χ4v) is 1.91. The highest BCUT2D eigenvalue weighted by Gasteiger charge is 2.11. The Morgan fingerprint density at radius 2 is 2.00 bits per heavy atom. The van der Waals surface area contributed by atoms with Crippen LogP contribution < -0.4 is 10.1 Å². The molecule has 6 nitrogen and oxygen atoms in total. The quantitative estimate of drug-likeness (QED) is 0.496. The second-order valence-corrected chi connectivity index (χ2v) is 4.75. The minimum Gasteiger partial charge on any atom is -0.494 e. The van der Waals surface area contributed by atoms with E-state index in [1.807, 2.05) is 6.92 Å². The fraction of sp³-hybridized carbons (Fsp3) is 0.118.